The van der Waals surface area contributed by atoms with Gasteiger partial charge in [0.15, 0.2) is 5.65 Å². The molecule has 2 amide bonds. The number of hydrogen-bond donors (Lipinski definition) is 0. The first-order valence-corrected chi connectivity index (χ1v) is 9.06. The fourth-order valence-electron chi connectivity index (χ4n) is 3.36. The molecule has 1 fully saturated rings. The molecule has 126 valence electrons. The molecule has 6 nitrogen and oxygen atoms in total. The van der Waals surface area contributed by atoms with E-state index in [1.165, 1.54) is 0 Å². The number of likely N-dealkylation sites (N-methyl/N-ethyl adjacent to an activating group) is 1. The van der Waals surface area contributed by atoms with Crippen molar-refractivity contribution in [2.75, 3.05) is 39.8 Å². The van der Waals surface area contributed by atoms with Crippen molar-refractivity contribution in [3.8, 4) is 0 Å². The molecule has 2 aliphatic heterocycles. The number of fused-ring (bicyclic) bond motifs is 2. The number of aromatic nitrogens is 2. The first kappa shape index (κ1) is 15.8. The van der Waals surface area contributed by atoms with E-state index in [9.17, 15) is 4.79 Å². The lowest BCUT2D eigenvalue weighted by Crippen LogP contribution is -2.52. The van der Waals surface area contributed by atoms with Gasteiger partial charge in [-0.2, -0.15) is 0 Å². The molecular formula is C17H20BrN5O. The van der Waals surface area contributed by atoms with Crippen LogP contribution in [0.3, 0.4) is 0 Å². The molecule has 2 aromatic heterocycles. The standard InChI is InChI=1S/C17H20BrN5O/c1-21-4-6-22(7-5-21)17(24)23-3-2-15-13(11-23)8-12-9-14(18)10-19-16(12)20-15/h8-10H,2-7,11H2,1H3. The Morgan fingerprint density at radius 1 is 1.12 bits per heavy atom. The van der Waals surface area contributed by atoms with Gasteiger partial charge >= 0.3 is 6.03 Å². The summed E-state index contributed by atoms with van der Waals surface area (Å²) in [5.74, 6) is 0. The second kappa shape index (κ2) is 6.29. The molecule has 0 bridgehead atoms. The van der Waals surface area contributed by atoms with Crippen LogP contribution in [0.15, 0.2) is 22.8 Å². The molecule has 2 aliphatic rings. The van der Waals surface area contributed by atoms with Crippen LogP contribution in [0.2, 0.25) is 0 Å². The summed E-state index contributed by atoms with van der Waals surface area (Å²) < 4.78 is 0.943. The van der Waals surface area contributed by atoms with E-state index < -0.39 is 0 Å². The summed E-state index contributed by atoms with van der Waals surface area (Å²) in [6.07, 6.45) is 2.57. The van der Waals surface area contributed by atoms with Crippen molar-refractivity contribution in [3.63, 3.8) is 0 Å². The van der Waals surface area contributed by atoms with Crippen LogP contribution in [-0.4, -0.2) is 70.5 Å². The Kier molecular flexibility index (Phi) is 4.14. The van der Waals surface area contributed by atoms with Gasteiger partial charge in [-0.05, 0) is 40.7 Å². The monoisotopic (exact) mass is 389 g/mol. The molecule has 7 heteroatoms. The van der Waals surface area contributed by atoms with E-state index in [2.05, 4.69) is 43.9 Å². The molecule has 0 saturated carbocycles. The van der Waals surface area contributed by atoms with Crippen molar-refractivity contribution < 1.29 is 4.79 Å². The van der Waals surface area contributed by atoms with Crippen molar-refractivity contribution in [2.45, 2.75) is 13.0 Å². The molecule has 0 N–H and O–H groups in total. The molecule has 0 aromatic carbocycles. The summed E-state index contributed by atoms with van der Waals surface area (Å²) in [7, 11) is 2.10. The highest BCUT2D eigenvalue weighted by molar-refractivity contribution is 9.10. The number of nitrogens with zero attached hydrogens (tertiary/aromatic N) is 5. The number of pyridine rings is 2. The highest BCUT2D eigenvalue weighted by Crippen LogP contribution is 2.24. The van der Waals surface area contributed by atoms with E-state index in [4.69, 9.17) is 0 Å². The van der Waals surface area contributed by atoms with Crippen LogP contribution in [0.1, 0.15) is 11.3 Å². The fourth-order valence-corrected chi connectivity index (χ4v) is 3.71. The fraction of sp³-hybridized carbons (Fsp3) is 0.471. The zero-order valence-electron chi connectivity index (χ0n) is 13.7. The predicted molar refractivity (Wildman–Crippen MR) is 95.8 cm³/mol. The number of carbonyl (C=O) groups is 1. The maximum atomic E-state index is 12.8. The largest absolute Gasteiger partial charge is 0.322 e. The smallest absolute Gasteiger partial charge is 0.320 e. The lowest BCUT2D eigenvalue weighted by atomic mass is 10.0. The number of halogens is 1. The van der Waals surface area contributed by atoms with Gasteiger partial charge < -0.3 is 14.7 Å². The molecule has 2 aromatic rings. The molecule has 0 radical (unpaired) electrons. The topological polar surface area (TPSA) is 52.6 Å². The van der Waals surface area contributed by atoms with E-state index in [0.29, 0.717) is 6.54 Å². The van der Waals surface area contributed by atoms with E-state index in [1.54, 1.807) is 6.20 Å². The van der Waals surface area contributed by atoms with Crippen molar-refractivity contribution in [1.82, 2.24) is 24.7 Å². The molecule has 4 heterocycles. The Balaban J connectivity index is 1.55. The summed E-state index contributed by atoms with van der Waals surface area (Å²) in [6, 6.07) is 4.30. The van der Waals surface area contributed by atoms with Crippen molar-refractivity contribution in [1.29, 1.82) is 0 Å². The van der Waals surface area contributed by atoms with Crippen LogP contribution in [0.5, 0.6) is 0 Å². The Hall–Kier alpha value is -1.73. The number of hydrogen-bond acceptors (Lipinski definition) is 4. The molecular weight excluding hydrogens is 370 g/mol. The molecule has 24 heavy (non-hydrogen) atoms. The minimum atomic E-state index is 0.154. The Labute approximate surface area is 149 Å². The van der Waals surface area contributed by atoms with E-state index >= 15 is 0 Å². The van der Waals surface area contributed by atoms with Gasteiger partial charge in [-0.15, -0.1) is 0 Å². The van der Waals surface area contributed by atoms with E-state index in [0.717, 1.165) is 65.9 Å². The molecule has 1 saturated heterocycles. The average Bonchev–Trinajstić information content (AvgIpc) is 2.59. The van der Waals surface area contributed by atoms with Gasteiger partial charge in [0.1, 0.15) is 0 Å². The third kappa shape index (κ3) is 2.98. The van der Waals surface area contributed by atoms with Gasteiger partial charge in [0.25, 0.3) is 0 Å². The normalized spacial score (nSPS) is 18.8. The summed E-state index contributed by atoms with van der Waals surface area (Å²) >= 11 is 3.46. The van der Waals surface area contributed by atoms with Gasteiger partial charge in [0.2, 0.25) is 0 Å². The molecule has 0 unspecified atom stereocenters. The number of rotatable bonds is 0. The number of urea groups is 1. The SMILES string of the molecule is CN1CCN(C(=O)N2CCc3nc4ncc(Br)cc4cc3C2)CC1. The zero-order chi connectivity index (χ0) is 16.7. The lowest BCUT2D eigenvalue weighted by Gasteiger charge is -2.37. The van der Waals surface area contributed by atoms with Crippen molar-refractivity contribution in [3.05, 3.63) is 34.1 Å². The second-order valence-corrected chi connectivity index (χ2v) is 7.45. The van der Waals surface area contributed by atoms with E-state index in [-0.39, 0.29) is 6.03 Å². The minimum absolute atomic E-state index is 0.154. The maximum Gasteiger partial charge on any atom is 0.320 e. The van der Waals surface area contributed by atoms with Gasteiger partial charge in [-0.3, -0.25) is 0 Å². The summed E-state index contributed by atoms with van der Waals surface area (Å²) in [5, 5.41) is 1.01. The Morgan fingerprint density at radius 2 is 1.92 bits per heavy atom. The van der Waals surface area contributed by atoms with Crippen molar-refractivity contribution >= 4 is 33.0 Å². The van der Waals surface area contributed by atoms with Crippen LogP contribution >= 0.6 is 15.9 Å². The van der Waals surface area contributed by atoms with Crippen LogP contribution in [0.4, 0.5) is 4.79 Å². The average molecular weight is 390 g/mol. The molecule has 0 spiro atoms. The highest BCUT2D eigenvalue weighted by Gasteiger charge is 2.27. The third-order valence-electron chi connectivity index (χ3n) is 4.83. The van der Waals surface area contributed by atoms with Crippen LogP contribution in [0, 0.1) is 0 Å². The highest BCUT2D eigenvalue weighted by atomic mass is 79.9. The Bertz CT molecular complexity index is 788. The quantitative estimate of drug-likeness (QED) is 0.692. The molecule has 4 rings (SSSR count). The Morgan fingerprint density at radius 3 is 2.71 bits per heavy atom. The summed E-state index contributed by atoms with van der Waals surface area (Å²) in [5.41, 5.74) is 2.98. The van der Waals surface area contributed by atoms with Gasteiger partial charge in [-0.25, -0.2) is 14.8 Å². The lowest BCUT2D eigenvalue weighted by molar-refractivity contribution is 0.118. The first-order chi connectivity index (χ1) is 11.6. The molecule has 0 aliphatic carbocycles. The van der Waals surface area contributed by atoms with Crippen LogP contribution in [0.25, 0.3) is 11.0 Å². The van der Waals surface area contributed by atoms with Gasteiger partial charge in [-0.1, -0.05) is 0 Å². The van der Waals surface area contributed by atoms with Crippen LogP contribution in [-0.2, 0) is 13.0 Å². The van der Waals surface area contributed by atoms with Gasteiger partial charge in [0.05, 0.1) is 0 Å². The number of carbonyl (C=O) groups excluding carboxylic acids is 1. The molecule has 0 atom stereocenters. The van der Waals surface area contributed by atoms with E-state index in [1.807, 2.05) is 15.9 Å². The number of piperazine rings is 1. The summed E-state index contributed by atoms with van der Waals surface area (Å²) in [4.78, 5) is 28.0. The van der Waals surface area contributed by atoms with Crippen molar-refractivity contribution in [2.24, 2.45) is 0 Å². The zero-order valence-corrected chi connectivity index (χ0v) is 15.3. The van der Waals surface area contributed by atoms with Gasteiger partial charge in [0, 0.05) is 67.4 Å². The third-order valence-corrected chi connectivity index (χ3v) is 5.26. The maximum absolute atomic E-state index is 12.8. The second-order valence-electron chi connectivity index (χ2n) is 6.54. The minimum Gasteiger partial charge on any atom is -0.322 e. The number of amides is 2. The summed E-state index contributed by atoms with van der Waals surface area (Å²) in [6.45, 7) is 4.88. The van der Waals surface area contributed by atoms with Crippen LogP contribution < -0.4 is 0 Å². The first-order valence-electron chi connectivity index (χ1n) is 8.26. The predicted octanol–water partition coefficient (Wildman–Crippen LogP) is 2.12.